The molecular formula is C11H23NO3Si2. The maximum Gasteiger partial charge on any atom is 0.314 e. The summed E-state index contributed by atoms with van der Waals surface area (Å²) in [4.78, 5) is 24.0. The molecule has 0 aromatic heterocycles. The summed E-state index contributed by atoms with van der Waals surface area (Å²) in [5.41, 5.74) is 0. The minimum Gasteiger partial charge on any atom is -0.518 e. The van der Waals surface area contributed by atoms with Crippen LogP contribution in [0.25, 0.3) is 0 Å². The monoisotopic (exact) mass is 273 g/mol. The Morgan fingerprint density at radius 1 is 1.24 bits per heavy atom. The number of hydrogen-bond acceptors (Lipinski definition) is 3. The first-order valence-corrected chi connectivity index (χ1v) is 12.9. The molecule has 0 bridgehead atoms. The molecule has 0 aromatic rings. The van der Waals surface area contributed by atoms with Gasteiger partial charge in [-0.15, -0.1) is 0 Å². The van der Waals surface area contributed by atoms with Gasteiger partial charge in [-0.3, -0.25) is 9.59 Å². The predicted molar refractivity (Wildman–Crippen MR) is 72.7 cm³/mol. The van der Waals surface area contributed by atoms with Crippen molar-refractivity contribution in [2.24, 2.45) is 0 Å². The van der Waals surface area contributed by atoms with Crippen LogP contribution in [-0.4, -0.2) is 39.0 Å². The number of carbonyl (C=O) groups excluding carboxylic acids is 2. The first-order chi connectivity index (χ1) is 7.52. The lowest BCUT2D eigenvalue weighted by atomic mass is 10.2. The van der Waals surface area contributed by atoms with E-state index in [0.717, 1.165) is 0 Å². The summed E-state index contributed by atoms with van der Waals surface area (Å²) in [5.74, 6) is -0.0841. The maximum absolute atomic E-state index is 12.1. The van der Waals surface area contributed by atoms with Crippen LogP contribution in [0.3, 0.4) is 0 Å². The van der Waals surface area contributed by atoms with Crippen molar-refractivity contribution >= 4 is 28.4 Å². The van der Waals surface area contributed by atoms with Crippen LogP contribution >= 0.6 is 0 Å². The van der Waals surface area contributed by atoms with Gasteiger partial charge < -0.3 is 8.99 Å². The Morgan fingerprint density at radius 2 is 1.76 bits per heavy atom. The molecule has 0 spiro atoms. The van der Waals surface area contributed by atoms with E-state index in [1.165, 1.54) is 0 Å². The fraction of sp³-hybridized carbons (Fsp3) is 0.818. The van der Waals surface area contributed by atoms with Gasteiger partial charge in [0.15, 0.2) is 8.24 Å². The van der Waals surface area contributed by atoms with Crippen molar-refractivity contribution in [2.75, 3.05) is 0 Å². The van der Waals surface area contributed by atoms with Crippen molar-refractivity contribution < 1.29 is 14.0 Å². The molecule has 98 valence electrons. The second kappa shape index (κ2) is 4.57. The van der Waals surface area contributed by atoms with Gasteiger partial charge in [0.2, 0.25) is 14.2 Å². The van der Waals surface area contributed by atoms with E-state index in [-0.39, 0.29) is 17.9 Å². The Hall–Kier alpha value is -0.626. The molecule has 1 aliphatic rings. The summed E-state index contributed by atoms with van der Waals surface area (Å²) >= 11 is 0. The number of amides is 1. The molecule has 0 N–H and O–H groups in total. The molecule has 0 radical (unpaired) electrons. The SMILES string of the molecule is C[Si](C)(C)OC(=O)[C@@H]1CCC(=O)N1[Si](C)(C)C. The molecular weight excluding hydrogens is 250 g/mol. The Bertz CT molecular complexity index is 331. The Morgan fingerprint density at radius 3 is 2.18 bits per heavy atom. The van der Waals surface area contributed by atoms with Gasteiger partial charge in [-0.1, -0.05) is 19.6 Å². The van der Waals surface area contributed by atoms with Crippen LogP contribution in [0.1, 0.15) is 12.8 Å². The van der Waals surface area contributed by atoms with Gasteiger partial charge in [-0.05, 0) is 26.1 Å². The highest BCUT2D eigenvalue weighted by Crippen LogP contribution is 2.27. The number of nitrogens with zero attached hydrogens (tertiary/aromatic N) is 1. The number of carbonyl (C=O) groups is 2. The van der Waals surface area contributed by atoms with Crippen LogP contribution < -0.4 is 0 Å². The van der Waals surface area contributed by atoms with E-state index in [4.69, 9.17) is 4.43 Å². The van der Waals surface area contributed by atoms with Crippen molar-refractivity contribution in [3.8, 4) is 0 Å². The van der Waals surface area contributed by atoms with Crippen LogP contribution in [0.15, 0.2) is 0 Å². The lowest BCUT2D eigenvalue weighted by Crippen LogP contribution is -2.54. The van der Waals surface area contributed by atoms with E-state index in [2.05, 4.69) is 19.6 Å². The van der Waals surface area contributed by atoms with Crippen molar-refractivity contribution in [2.45, 2.75) is 58.2 Å². The molecule has 1 heterocycles. The first kappa shape index (κ1) is 14.4. The average Bonchev–Trinajstić information content (AvgIpc) is 2.42. The molecule has 1 aliphatic heterocycles. The number of rotatable bonds is 3. The largest absolute Gasteiger partial charge is 0.518 e. The zero-order valence-corrected chi connectivity index (χ0v) is 13.7. The quantitative estimate of drug-likeness (QED) is 0.741. The van der Waals surface area contributed by atoms with Crippen molar-refractivity contribution in [1.82, 2.24) is 4.57 Å². The first-order valence-electron chi connectivity index (χ1n) is 6.07. The van der Waals surface area contributed by atoms with E-state index in [0.29, 0.717) is 12.8 Å². The molecule has 1 rings (SSSR count). The van der Waals surface area contributed by atoms with Gasteiger partial charge >= 0.3 is 5.97 Å². The molecule has 17 heavy (non-hydrogen) atoms. The van der Waals surface area contributed by atoms with Gasteiger partial charge in [-0.25, -0.2) is 0 Å². The third-order valence-corrected chi connectivity index (χ3v) is 5.43. The number of hydrogen-bond donors (Lipinski definition) is 0. The molecule has 1 atom stereocenters. The molecule has 0 unspecified atom stereocenters. The Kier molecular flexibility index (Phi) is 3.88. The smallest absolute Gasteiger partial charge is 0.314 e. The fourth-order valence-electron chi connectivity index (χ4n) is 2.12. The Labute approximate surface area is 106 Å². The second-order valence-corrected chi connectivity index (χ2v) is 15.8. The van der Waals surface area contributed by atoms with Gasteiger partial charge in [0.1, 0.15) is 6.04 Å². The van der Waals surface area contributed by atoms with Gasteiger partial charge in [0.25, 0.3) is 0 Å². The van der Waals surface area contributed by atoms with Crippen LogP contribution in [0, 0.1) is 0 Å². The molecule has 0 aromatic carbocycles. The Balaban J connectivity index is 2.84. The molecule has 1 fully saturated rings. The summed E-state index contributed by atoms with van der Waals surface area (Å²) < 4.78 is 7.34. The normalized spacial score (nSPS) is 21.9. The maximum atomic E-state index is 12.1. The van der Waals surface area contributed by atoms with E-state index in [1.54, 1.807) is 0 Å². The highest BCUT2D eigenvalue weighted by Gasteiger charge is 2.44. The zero-order valence-electron chi connectivity index (χ0n) is 11.7. The average molecular weight is 273 g/mol. The molecule has 0 saturated carbocycles. The van der Waals surface area contributed by atoms with Crippen molar-refractivity contribution in [3.05, 3.63) is 0 Å². The highest BCUT2D eigenvalue weighted by molar-refractivity contribution is 6.76. The summed E-state index contributed by atoms with van der Waals surface area (Å²) in [6.07, 6.45) is 1.10. The van der Waals surface area contributed by atoms with Crippen molar-refractivity contribution in [3.63, 3.8) is 0 Å². The van der Waals surface area contributed by atoms with E-state index < -0.39 is 16.6 Å². The molecule has 0 aliphatic carbocycles. The van der Waals surface area contributed by atoms with Crippen LogP contribution in [-0.2, 0) is 14.0 Å². The molecule has 1 saturated heterocycles. The third kappa shape index (κ3) is 3.67. The van der Waals surface area contributed by atoms with Gasteiger partial charge in [0, 0.05) is 6.42 Å². The van der Waals surface area contributed by atoms with E-state index in [9.17, 15) is 9.59 Å². The third-order valence-electron chi connectivity index (χ3n) is 2.61. The minimum absolute atomic E-state index is 0.113. The van der Waals surface area contributed by atoms with Crippen molar-refractivity contribution in [1.29, 1.82) is 0 Å². The summed E-state index contributed by atoms with van der Waals surface area (Å²) in [6.45, 7) is 12.2. The fourth-order valence-corrected chi connectivity index (χ4v) is 4.89. The summed E-state index contributed by atoms with van der Waals surface area (Å²) in [7, 11) is -3.66. The van der Waals surface area contributed by atoms with E-state index >= 15 is 0 Å². The van der Waals surface area contributed by atoms with Crippen LogP contribution in [0.4, 0.5) is 0 Å². The minimum atomic E-state index is -1.87. The standard InChI is InChI=1S/C11H23NO3Si2/c1-16(2,3)12-9(7-8-10(12)13)11(14)15-17(4,5)6/h9H,7-8H2,1-6H3/t9-/m0/s1. The topological polar surface area (TPSA) is 46.6 Å². The van der Waals surface area contributed by atoms with Gasteiger partial charge in [0.05, 0.1) is 0 Å². The highest BCUT2D eigenvalue weighted by atomic mass is 28.4. The second-order valence-electron chi connectivity index (χ2n) is 6.52. The molecule has 4 nitrogen and oxygen atoms in total. The van der Waals surface area contributed by atoms with Crippen LogP contribution in [0.5, 0.6) is 0 Å². The van der Waals surface area contributed by atoms with Gasteiger partial charge in [-0.2, -0.15) is 0 Å². The summed E-state index contributed by atoms with van der Waals surface area (Å²) in [6, 6.07) is -0.333. The molecule has 1 amide bonds. The lowest BCUT2D eigenvalue weighted by molar-refractivity contribution is -0.141. The molecule has 6 heteroatoms. The van der Waals surface area contributed by atoms with Crippen LogP contribution in [0.2, 0.25) is 39.3 Å². The van der Waals surface area contributed by atoms with E-state index in [1.807, 2.05) is 24.2 Å². The predicted octanol–water partition coefficient (Wildman–Crippen LogP) is 2.19. The zero-order chi connectivity index (χ0) is 13.4. The summed E-state index contributed by atoms with van der Waals surface area (Å²) in [5, 5.41) is 0. The lowest BCUT2D eigenvalue weighted by Gasteiger charge is -2.35.